The van der Waals surface area contributed by atoms with E-state index in [1.54, 1.807) is 4.90 Å². The van der Waals surface area contributed by atoms with Crippen LogP contribution in [0.5, 0.6) is 5.75 Å². The molecule has 3 heterocycles. The summed E-state index contributed by atoms with van der Waals surface area (Å²) in [5, 5.41) is 21.7. The van der Waals surface area contributed by atoms with E-state index < -0.39 is 48.3 Å². The third kappa shape index (κ3) is 8.51. The highest BCUT2D eigenvalue weighted by atomic mass is 19.4. The van der Waals surface area contributed by atoms with Crippen LogP contribution in [0.4, 0.5) is 32.2 Å². The van der Waals surface area contributed by atoms with Crippen LogP contribution in [0.3, 0.4) is 0 Å². The van der Waals surface area contributed by atoms with Crippen LogP contribution in [-0.4, -0.2) is 93.7 Å². The number of ether oxygens (including phenoxy) is 1. The van der Waals surface area contributed by atoms with E-state index in [-0.39, 0.29) is 63.0 Å². The summed E-state index contributed by atoms with van der Waals surface area (Å²) in [6, 6.07) is 2.44. The number of anilines is 1. The monoisotopic (exact) mass is 591 g/mol. The molecule has 2 aromatic rings. The predicted octanol–water partition coefficient (Wildman–Crippen LogP) is 2.39. The number of hydrogen-bond acceptors (Lipinski definition) is 9. The molecule has 2 N–H and O–H groups in total. The van der Waals surface area contributed by atoms with E-state index in [0.29, 0.717) is 0 Å². The molecule has 0 radical (unpaired) electrons. The van der Waals surface area contributed by atoms with Gasteiger partial charge in [0.1, 0.15) is 23.9 Å². The van der Waals surface area contributed by atoms with Crippen LogP contribution in [-0.2, 0) is 22.7 Å². The third-order valence-electron chi connectivity index (χ3n) is 6.23. The summed E-state index contributed by atoms with van der Waals surface area (Å²) in [7, 11) is 0. The molecule has 2 aliphatic heterocycles. The Morgan fingerprint density at radius 1 is 1.27 bits per heavy atom. The van der Waals surface area contributed by atoms with Crippen molar-refractivity contribution in [3.05, 3.63) is 35.8 Å². The summed E-state index contributed by atoms with van der Waals surface area (Å²) in [6.45, 7) is 1.37. The third-order valence-corrected chi connectivity index (χ3v) is 6.23. The molecule has 41 heavy (non-hydrogen) atoms. The minimum absolute atomic E-state index is 0.00512. The molecular formula is C23H27F6N9O3. The van der Waals surface area contributed by atoms with Crippen molar-refractivity contribution in [1.29, 1.82) is 0 Å². The SMILES string of the molecule is CC1(C(=O)NCc2cc(OC(F)(F)F)ccc2F)CN(CCC(F)Cn2cc(NC(=O)CN3CC(F)C3)nn2)N=N1. The first-order valence-electron chi connectivity index (χ1n) is 12.5. The number of nitrogens with zero attached hydrogens (tertiary/aromatic N) is 7. The smallest absolute Gasteiger partial charge is 0.406 e. The first-order valence-corrected chi connectivity index (χ1v) is 12.5. The molecule has 1 fully saturated rings. The van der Waals surface area contributed by atoms with Gasteiger partial charge < -0.3 is 15.4 Å². The number of benzene rings is 1. The number of amides is 2. The lowest BCUT2D eigenvalue weighted by Gasteiger charge is -2.33. The Labute approximate surface area is 229 Å². The average molecular weight is 592 g/mol. The number of likely N-dealkylation sites (tertiary alicyclic amines) is 1. The summed E-state index contributed by atoms with van der Waals surface area (Å²) in [6.07, 6.45) is -5.90. The second kappa shape index (κ2) is 12.3. The fourth-order valence-electron chi connectivity index (χ4n) is 4.12. The van der Waals surface area contributed by atoms with Crippen LogP contribution in [0.1, 0.15) is 18.9 Å². The van der Waals surface area contributed by atoms with Crippen molar-refractivity contribution in [2.75, 3.05) is 38.0 Å². The molecule has 0 spiro atoms. The van der Waals surface area contributed by atoms with Gasteiger partial charge in [-0.2, -0.15) is 5.11 Å². The molecule has 12 nitrogen and oxygen atoms in total. The molecule has 1 aromatic heterocycles. The van der Waals surface area contributed by atoms with Crippen molar-refractivity contribution in [3.63, 3.8) is 0 Å². The molecule has 2 aliphatic rings. The van der Waals surface area contributed by atoms with Gasteiger partial charge in [0.25, 0.3) is 5.91 Å². The summed E-state index contributed by atoms with van der Waals surface area (Å²) in [4.78, 5) is 26.3. The summed E-state index contributed by atoms with van der Waals surface area (Å²) < 4.78 is 83.8. The minimum atomic E-state index is -4.95. The van der Waals surface area contributed by atoms with Crippen LogP contribution < -0.4 is 15.4 Å². The molecule has 1 saturated heterocycles. The van der Waals surface area contributed by atoms with E-state index in [4.69, 9.17) is 0 Å². The Morgan fingerprint density at radius 2 is 2.02 bits per heavy atom. The zero-order chi connectivity index (χ0) is 29.8. The Kier molecular flexibility index (Phi) is 8.98. The van der Waals surface area contributed by atoms with Crippen molar-refractivity contribution in [2.24, 2.45) is 10.3 Å². The first-order chi connectivity index (χ1) is 19.3. The van der Waals surface area contributed by atoms with Gasteiger partial charge in [-0.25, -0.2) is 17.9 Å². The van der Waals surface area contributed by atoms with Crippen molar-refractivity contribution in [1.82, 2.24) is 30.2 Å². The molecule has 0 aliphatic carbocycles. The molecule has 224 valence electrons. The largest absolute Gasteiger partial charge is 0.573 e. The second-order valence-electron chi connectivity index (χ2n) is 9.89. The van der Waals surface area contributed by atoms with Gasteiger partial charge in [-0.15, -0.1) is 18.3 Å². The van der Waals surface area contributed by atoms with Gasteiger partial charge >= 0.3 is 6.36 Å². The summed E-state index contributed by atoms with van der Waals surface area (Å²) in [5.41, 5.74) is -1.61. The van der Waals surface area contributed by atoms with Gasteiger partial charge in [0.15, 0.2) is 11.4 Å². The number of hydrogen-bond donors (Lipinski definition) is 2. The van der Waals surface area contributed by atoms with Gasteiger partial charge in [0, 0.05) is 31.7 Å². The molecule has 18 heteroatoms. The average Bonchev–Trinajstić information content (AvgIpc) is 3.47. The highest BCUT2D eigenvalue weighted by molar-refractivity contribution is 5.91. The van der Waals surface area contributed by atoms with Crippen LogP contribution in [0.25, 0.3) is 0 Å². The standard InChI is InChI=1S/C23H27F6N9O3/c1-22(21(40)30-7-14-6-17(2-3-18(14)26)41-23(27,28)29)13-37(35-33-22)5-4-15(24)10-38-11-19(32-34-38)31-20(39)12-36-8-16(25)9-36/h2-3,6,11,15-16H,4-5,7-10,12-13H2,1H3,(H,30,40)(H,31,39). The van der Waals surface area contributed by atoms with E-state index in [0.717, 1.165) is 18.2 Å². The van der Waals surface area contributed by atoms with E-state index in [1.165, 1.54) is 22.8 Å². The van der Waals surface area contributed by atoms with Gasteiger partial charge in [-0.05, 0) is 31.5 Å². The van der Waals surface area contributed by atoms with Gasteiger partial charge in [0.05, 0.1) is 25.8 Å². The molecule has 4 rings (SSSR count). The molecule has 2 unspecified atom stereocenters. The van der Waals surface area contributed by atoms with Crippen LogP contribution in [0, 0.1) is 5.82 Å². The van der Waals surface area contributed by atoms with E-state index in [1.807, 2.05) is 0 Å². The number of carbonyl (C=O) groups excluding carboxylic acids is 2. The van der Waals surface area contributed by atoms with Crippen molar-refractivity contribution in [2.45, 2.75) is 50.7 Å². The molecule has 0 bridgehead atoms. The number of alkyl halides is 5. The van der Waals surface area contributed by atoms with Crippen LogP contribution in [0.2, 0.25) is 0 Å². The lowest BCUT2D eigenvalue weighted by molar-refractivity contribution is -0.274. The van der Waals surface area contributed by atoms with E-state index >= 15 is 0 Å². The summed E-state index contributed by atoms with van der Waals surface area (Å²) in [5.74, 6) is -2.37. The van der Waals surface area contributed by atoms with Gasteiger partial charge in [-0.1, -0.05) is 10.4 Å². The number of rotatable bonds is 12. The van der Waals surface area contributed by atoms with Crippen molar-refractivity contribution < 1.29 is 40.7 Å². The maximum Gasteiger partial charge on any atom is 0.573 e. The Morgan fingerprint density at radius 3 is 2.73 bits per heavy atom. The first kappa shape index (κ1) is 30.0. The molecule has 2 amide bonds. The fraction of sp³-hybridized carbons (Fsp3) is 0.565. The maximum absolute atomic E-state index is 14.6. The van der Waals surface area contributed by atoms with Gasteiger partial charge in [-0.3, -0.25) is 19.5 Å². The maximum atomic E-state index is 14.6. The summed E-state index contributed by atoms with van der Waals surface area (Å²) >= 11 is 0. The zero-order valence-electron chi connectivity index (χ0n) is 21.7. The highest BCUT2D eigenvalue weighted by Crippen LogP contribution is 2.26. The molecular weight excluding hydrogens is 564 g/mol. The van der Waals surface area contributed by atoms with E-state index in [2.05, 4.69) is 36.0 Å². The van der Waals surface area contributed by atoms with Crippen LogP contribution in [0.15, 0.2) is 34.7 Å². The molecule has 2 atom stereocenters. The quantitative estimate of drug-likeness (QED) is 0.363. The van der Waals surface area contributed by atoms with Crippen molar-refractivity contribution >= 4 is 17.6 Å². The zero-order valence-corrected chi connectivity index (χ0v) is 21.7. The molecule has 0 saturated carbocycles. The highest BCUT2D eigenvalue weighted by Gasteiger charge is 2.40. The number of halogens is 6. The number of aromatic nitrogens is 3. The Hall–Kier alpha value is -3.96. The topological polar surface area (TPSA) is 129 Å². The fourth-order valence-corrected chi connectivity index (χ4v) is 4.12. The van der Waals surface area contributed by atoms with Crippen molar-refractivity contribution in [3.8, 4) is 5.75 Å². The number of nitrogens with one attached hydrogen (secondary N) is 2. The number of carbonyl (C=O) groups is 2. The lowest BCUT2D eigenvalue weighted by Crippen LogP contribution is -2.51. The Balaban J connectivity index is 1.18. The Bertz CT molecular complexity index is 1270. The van der Waals surface area contributed by atoms with Gasteiger partial charge in [0.2, 0.25) is 5.91 Å². The minimum Gasteiger partial charge on any atom is -0.406 e. The second-order valence-corrected chi connectivity index (χ2v) is 9.89. The lowest BCUT2D eigenvalue weighted by atomic mass is 10.0. The normalized spacial score (nSPS) is 20.1. The van der Waals surface area contributed by atoms with Crippen LogP contribution >= 0.6 is 0 Å². The van der Waals surface area contributed by atoms with E-state index in [9.17, 15) is 35.9 Å². The predicted molar refractivity (Wildman–Crippen MR) is 129 cm³/mol. The molecule has 1 aromatic carbocycles.